The number of carboxylic acid groups (broad SMARTS) is 2. The van der Waals surface area contributed by atoms with Crippen LogP contribution in [0.1, 0.15) is 21.0 Å². The van der Waals surface area contributed by atoms with Crippen molar-refractivity contribution in [1.82, 2.24) is 4.57 Å². The molecule has 0 aliphatic rings. The van der Waals surface area contributed by atoms with Crippen LogP contribution in [-0.2, 0) is 7.05 Å². The molecule has 1 heterocycles. The highest BCUT2D eigenvalue weighted by Gasteiger charge is 2.14. The van der Waals surface area contributed by atoms with Crippen molar-refractivity contribution in [2.45, 2.75) is 0 Å². The predicted molar refractivity (Wildman–Crippen MR) is 45.6 cm³/mol. The van der Waals surface area contributed by atoms with Crippen LogP contribution in [0, 0.1) is 0 Å². The van der Waals surface area contributed by atoms with E-state index in [2.05, 4.69) is 0 Å². The van der Waals surface area contributed by atoms with E-state index in [0.29, 0.717) is 0 Å². The van der Waals surface area contributed by atoms with Crippen molar-refractivity contribution in [2.75, 3.05) is 0 Å². The molecular weight excluding hydrogens is 190 g/mol. The fourth-order valence-electron chi connectivity index (χ4n) is 1.04. The standard InChI is InChI=1S/C8H7NO5/c1-9-5(7(11)12)2-4(10)3-6(9)8(13)14/h2-3H,1H3,(H,11,12)(H,13,14). The van der Waals surface area contributed by atoms with Crippen LogP contribution >= 0.6 is 0 Å². The molecule has 1 aromatic heterocycles. The van der Waals surface area contributed by atoms with Gasteiger partial charge in [0.05, 0.1) is 0 Å². The van der Waals surface area contributed by atoms with Gasteiger partial charge in [-0.3, -0.25) is 4.79 Å². The molecule has 14 heavy (non-hydrogen) atoms. The third-order valence-electron chi connectivity index (χ3n) is 1.72. The molecule has 0 saturated heterocycles. The molecule has 0 amide bonds. The van der Waals surface area contributed by atoms with Gasteiger partial charge in [0.15, 0.2) is 5.43 Å². The summed E-state index contributed by atoms with van der Waals surface area (Å²) >= 11 is 0. The molecule has 0 unspecified atom stereocenters. The van der Waals surface area contributed by atoms with Crippen molar-refractivity contribution in [3.63, 3.8) is 0 Å². The maximum absolute atomic E-state index is 10.9. The van der Waals surface area contributed by atoms with E-state index in [1.54, 1.807) is 0 Å². The van der Waals surface area contributed by atoms with E-state index in [9.17, 15) is 14.4 Å². The number of nitrogens with zero attached hydrogens (tertiary/aromatic N) is 1. The smallest absolute Gasteiger partial charge is 0.352 e. The average molecular weight is 197 g/mol. The second-order valence-electron chi connectivity index (χ2n) is 2.63. The lowest BCUT2D eigenvalue weighted by atomic mass is 10.2. The largest absolute Gasteiger partial charge is 0.477 e. The second-order valence-corrected chi connectivity index (χ2v) is 2.63. The van der Waals surface area contributed by atoms with Gasteiger partial charge in [-0.05, 0) is 0 Å². The highest BCUT2D eigenvalue weighted by atomic mass is 16.4. The first-order valence-corrected chi connectivity index (χ1v) is 3.61. The first-order chi connectivity index (χ1) is 6.43. The summed E-state index contributed by atoms with van der Waals surface area (Å²) < 4.78 is 0.937. The van der Waals surface area contributed by atoms with Gasteiger partial charge in [-0.25, -0.2) is 9.59 Å². The van der Waals surface area contributed by atoms with Crippen LogP contribution in [0.3, 0.4) is 0 Å². The van der Waals surface area contributed by atoms with Gasteiger partial charge in [0.25, 0.3) is 0 Å². The summed E-state index contributed by atoms with van der Waals surface area (Å²) in [5.41, 5.74) is -1.34. The summed E-state index contributed by atoms with van der Waals surface area (Å²) in [5, 5.41) is 17.3. The number of carbonyl (C=O) groups is 2. The van der Waals surface area contributed by atoms with Crippen molar-refractivity contribution in [3.8, 4) is 0 Å². The van der Waals surface area contributed by atoms with E-state index >= 15 is 0 Å². The Labute approximate surface area is 78.0 Å². The zero-order chi connectivity index (χ0) is 10.9. The lowest BCUT2D eigenvalue weighted by molar-refractivity contribution is 0.0675. The molecule has 74 valence electrons. The van der Waals surface area contributed by atoms with Gasteiger partial charge in [-0.2, -0.15) is 0 Å². The van der Waals surface area contributed by atoms with Gasteiger partial charge in [0.2, 0.25) is 0 Å². The van der Waals surface area contributed by atoms with Gasteiger partial charge in [0, 0.05) is 19.2 Å². The van der Waals surface area contributed by atoms with E-state index in [1.807, 2.05) is 0 Å². The van der Waals surface area contributed by atoms with Crippen LogP contribution in [0.15, 0.2) is 16.9 Å². The average Bonchev–Trinajstić information content (AvgIpc) is 2.07. The van der Waals surface area contributed by atoms with E-state index in [4.69, 9.17) is 10.2 Å². The number of rotatable bonds is 2. The Balaban J connectivity index is 3.56. The summed E-state index contributed by atoms with van der Waals surface area (Å²) in [6.07, 6.45) is 0. The van der Waals surface area contributed by atoms with Crippen LogP contribution in [0.25, 0.3) is 0 Å². The molecule has 1 rings (SSSR count). The van der Waals surface area contributed by atoms with E-state index in [1.165, 1.54) is 7.05 Å². The van der Waals surface area contributed by atoms with E-state index in [0.717, 1.165) is 16.7 Å². The Bertz CT molecular complexity index is 421. The Morgan fingerprint density at radius 2 is 1.50 bits per heavy atom. The van der Waals surface area contributed by atoms with E-state index < -0.39 is 17.4 Å². The van der Waals surface area contributed by atoms with Crippen LogP contribution < -0.4 is 5.43 Å². The van der Waals surface area contributed by atoms with Crippen LogP contribution in [0.5, 0.6) is 0 Å². The molecule has 0 radical (unpaired) electrons. The summed E-state index contributed by atoms with van der Waals surface area (Å²) in [6, 6.07) is 1.74. The maximum atomic E-state index is 10.9. The predicted octanol–water partition coefficient (Wildman–Crippen LogP) is -0.218. The van der Waals surface area contributed by atoms with Crippen molar-refractivity contribution in [1.29, 1.82) is 0 Å². The second kappa shape index (κ2) is 3.33. The minimum Gasteiger partial charge on any atom is -0.477 e. The zero-order valence-electron chi connectivity index (χ0n) is 7.22. The van der Waals surface area contributed by atoms with Crippen molar-refractivity contribution in [2.24, 2.45) is 7.05 Å². The lowest BCUT2D eigenvalue weighted by Gasteiger charge is -2.07. The number of pyridine rings is 1. The Hall–Kier alpha value is -2.11. The highest BCUT2D eigenvalue weighted by molar-refractivity contribution is 5.90. The molecule has 0 aromatic carbocycles. The summed E-state index contributed by atoms with van der Waals surface area (Å²) in [7, 11) is 1.27. The number of hydrogen-bond donors (Lipinski definition) is 2. The minimum atomic E-state index is -1.34. The summed E-state index contributed by atoms with van der Waals surface area (Å²) in [6.45, 7) is 0. The van der Waals surface area contributed by atoms with Gasteiger partial charge in [-0.15, -0.1) is 0 Å². The molecule has 0 bridgehead atoms. The van der Waals surface area contributed by atoms with E-state index in [-0.39, 0.29) is 11.4 Å². The SMILES string of the molecule is Cn1c(C(=O)O)cc(=O)cc1C(=O)O. The zero-order valence-corrected chi connectivity index (χ0v) is 7.22. The Kier molecular flexibility index (Phi) is 2.37. The number of hydrogen-bond acceptors (Lipinski definition) is 3. The number of aromatic nitrogens is 1. The monoisotopic (exact) mass is 197 g/mol. The molecule has 0 aliphatic carbocycles. The van der Waals surface area contributed by atoms with Crippen molar-refractivity contribution >= 4 is 11.9 Å². The first kappa shape index (κ1) is 9.97. The molecule has 0 atom stereocenters. The fraction of sp³-hybridized carbons (Fsp3) is 0.125. The minimum absolute atomic E-state index is 0.352. The Morgan fingerprint density at radius 3 is 1.79 bits per heavy atom. The quantitative estimate of drug-likeness (QED) is 0.683. The van der Waals surface area contributed by atoms with Crippen molar-refractivity contribution < 1.29 is 19.8 Å². The number of aromatic carboxylic acids is 2. The summed E-state index contributed by atoms with van der Waals surface area (Å²) in [5.74, 6) is -2.68. The third kappa shape index (κ3) is 1.63. The third-order valence-corrected chi connectivity index (χ3v) is 1.72. The molecule has 6 heteroatoms. The van der Waals surface area contributed by atoms with Gasteiger partial charge < -0.3 is 14.8 Å². The highest BCUT2D eigenvalue weighted by Crippen LogP contribution is 2.01. The normalized spacial score (nSPS) is 9.79. The van der Waals surface area contributed by atoms with Crippen LogP contribution in [0.4, 0.5) is 0 Å². The topological polar surface area (TPSA) is 96.6 Å². The molecule has 1 aromatic rings. The van der Waals surface area contributed by atoms with Gasteiger partial charge >= 0.3 is 11.9 Å². The van der Waals surface area contributed by atoms with Gasteiger partial charge in [-0.1, -0.05) is 0 Å². The summed E-state index contributed by atoms with van der Waals surface area (Å²) in [4.78, 5) is 32.1. The lowest BCUT2D eigenvalue weighted by Crippen LogP contribution is -2.20. The molecule has 6 nitrogen and oxygen atoms in total. The van der Waals surface area contributed by atoms with Gasteiger partial charge in [0.1, 0.15) is 11.4 Å². The van der Waals surface area contributed by atoms with Crippen molar-refractivity contribution in [3.05, 3.63) is 33.7 Å². The molecule has 0 fully saturated rings. The molecule has 0 saturated carbocycles. The molecule has 2 N–H and O–H groups in total. The first-order valence-electron chi connectivity index (χ1n) is 3.61. The molecule has 0 aliphatic heterocycles. The fourth-order valence-corrected chi connectivity index (χ4v) is 1.04. The maximum Gasteiger partial charge on any atom is 0.352 e. The van der Waals surface area contributed by atoms with Crippen LogP contribution in [0.2, 0.25) is 0 Å². The molecule has 0 spiro atoms. The number of carboxylic acids is 2. The van der Waals surface area contributed by atoms with Crippen LogP contribution in [-0.4, -0.2) is 26.7 Å². The molecular formula is C8H7NO5. The Morgan fingerprint density at radius 1 is 1.14 bits per heavy atom.